The van der Waals surface area contributed by atoms with E-state index in [-0.39, 0.29) is 0 Å². The molecule has 0 N–H and O–H groups in total. The van der Waals surface area contributed by atoms with Gasteiger partial charge >= 0.3 is 0 Å². The Bertz CT molecular complexity index is 830. The molecule has 0 saturated heterocycles. The molecule has 0 spiro atoms. The number of benzene rings is 3. The highest BCUT2D eigenvalue weighted by molar-refractivity contribution is 5.22. The zero-order valence-corrected chi connectivity index (χ0v) is 20.6. The van der Waals surface area contributed by atoms with Crippen molar-refractivity contribution in [2.75, 3.05) is 26.2 Å². The van der Waals surface area contributed by atoms with Gasteiger partial charge in [-0.3, -0.25) is 0 Å². The van der Waals surface area contributed by atoms with E-state index < -0.39 is 0 Å². The molecular weight excluding hydrogens is 388 g/mol. The summed E-state index contributed by atoms with van der Waals surface area (Å²) in [5, 5.41) is 0. The van der Waals surface area contributed by atoms with Crippen molar-refractivity contribution in [1.82, 2.24) is 0 Å². The lowest BCUT2D eigenvalue weighted by molar-refractivity contribution is -0.950. The lowest BCUT2D eigenvalue weighted by Gasteiger charge is -2.38. The van der Waals surface area contributed by atoms with Crippen LogP contribution in [0, 0.1) is 0 Å². The summed E-state index contributed by atoms with van der Waals surface area (Å²) in [5.74, 6) is 0. The Balaban J connectivity index is 1.72. The average Bonchev–Trinajstić information content (AvgIpc) is 2.85. The first kappa shape index (κ1) is 24.2. The predicted octanol–water partition coefficient (Wildman–Crippen LogP) is 6.80. The average molecular weight is 431 g/mol. The van der Waals surface area contributed by atoms with Crippen LogP contribution in [-0.4, -0.2) is 35.1 Å². The molecule has 3 aromatic rings. The van der Waals surface area contributed by atoms with Gasteiger partial charge in [-0.2, -0.15) is 0 Å². The van der Waals surface area contributed by atoms with Crippen molar-refractivity contribution in [3.63, 3.8) is 0 Å². The zero-order chi connectivity index (χ0) is 22.9. The summed E-state index contributed by atoms with van der Waals surface area (Å²) in [6.45, 7) is 18.3. The zero-order valence-electron chi connectivity index (χ0n) is 20.6. The first-order chi connectivity index (χ1) is 15.6. The molecule has 3 aromatic carbocycles. The minimum Gasteiger partial charge on any atom is -0.317 e. The number of quaternary nitrogens is 2. The highest BCUT2D eigenvalue weighted by atomic mass is 15.3. The standard InChI is InChI=1S/C30H42N2/c1-5-31(6-2,23-27-15-11-9-12-16-27)25-29-19-21-30(22-20-29)26-32(7-3,8-4)24-28-17-13-10-14-18-28/h9-22H,5-8,23-26H2,1-4H3/q+2. The molecule has 2 heteroatoms. The summed E-state index contributed by atoms with van der Waals surface area (Å²) in [6.07, 6.45) is 0. The molecule has 0 aliphatic heterocycles. The molecule has 0 amide bonds. The molecule has 0 fully saturated rings. The van der Waals surface area contributed by atoms with Gasteiger partial charge in [-0.05, 0) is 27.7 Å². The molecule has 170 valence electrons. The molecule has 0 saturated carbocycles. The van der Waals surface area contributed by atoms with Crippen molar-refractivity contribution < 1.29 is 8.97 Å². The second-order valence-electron chi connectivity index (χ2n) is 9.37. The van der Waals surface area contributed by atoms with E-state index in [9.17, 15) is 0 Å². The van der Waals surface area contributed by atoms with Crippen LogP contribution in [-0.2, 0) is 26.2 Å². The van der Waals surface area contributed by atoms with E-state index in [1.165, 1.54) is 22.3 Å². The van der Waals surface area contributed by atoms with Crippen LogP contribution in [0.4, 0.5) is 0 Å². The Kier molecular flexibility index (Phi) is 8.67. The SMILES string of the molecule is CC[N+](CC)(Cc1ccccc1)Cc1ccc(C[N+](CC)(CC)Cc2ccccc2)cc1. The van der Waals surface area contributed by atoms with E-state index in [1.54, 1.807) is 0 Å². The summed E-state index contributed by atoms with van der Waals surface area (Å²) in [7, 11) is 0. The van der Waals surface area contributed by atoms with Gasteiger partial charge in [-0.15, -0.1) is 0 Å². The first-order valence-electron chi connectivity index (χ1n) is 12.4. The fraction of sp³-hybridized carbons (Fsp3) is 0.400. The van der Waals surface area contributed by atoms with Gasteiger partial charge in [0.1, 0.15) is 26.2 Å². The molecule has 3 rings (SSSR count). The van der Waals surface area contributed by atoms with Gasteiger partial charge in [0, 0.05) is 22.3 Å². The summed E-state index contributed by atoms with van der Waals surface area (Å²) >= 11 is 0. The van der Waals surface area contributed by atoms with Crippen molar-refractivity contribution in [1.29, 1.82) is 0 Å². The monoisotopic (exact) mass is 430 g/mol. The number of hydrogen-bond donors (Lipinski definition) is 0. The molecule has 2 nitrogen and oxygen atoms in total. The van der Waals surface area contributed by atoms with Crippen LogP contribution < -0.4 is 0 Å². The molecule has 0 unspecified atom stereocenters. The van der Waals surface area contributed by atoms with E-state index in [0.29, 0.717) is 0 Å². The molecule has 32 heavy (non-hydrogen) atoms. The first-order valence-corrected chi connectivity index (χ1v) is 12.4. The van der Waals surface area contributed by atoms with Crippen LogP contribution >= 0.6 is 0 Å². The van der Waals surface area contributed by atoms with Gasteiger partial charge in [0.05, 0.1) is 26.2 Å². The van der Waals surface area contributed by atoms with Gasteiger partial charge in [0.2, 0.25) is 0 Å². The maximum absolute atomic E-state index is 2.38. The summed E-state index contributed by atoms with van der Waals surface area (Å²) < 4.78 is 2.20. The number of rotatable bonds is 12. The molecule has 0 heterocycles. The van der Waals surface area contributed by atoms with Crippen LogP contribution in [0.2, 0.25) is 0 Å². The molecule has 0 radical (unpaired) electrons. The third-order valence-corrected chi connectivity index (χ3v) is 7.46. The van der Waals surface area contributed by atoms with Crippen molar-refractivity contribution in [3.8, 4) is 0 Å². The largest absolute Gasteiger partial charge is 0.317 e. The molecular formula is C30H42N2+2. The van der Waals surface area contributed by atoms with Crippen LogP contribution in [0.15, 0.2) is 84.9 Å². The molecule has 0 bridgehead atoms. The summed E-state index contributed by atoms with van der Waals surface area (Å²) in [6, 6.07) is 31.4. The second-order valence-corrected chi connectivity index (χ2v) is 9.37. The second kappa shape index (κ2) is 11.4. The van der Waals surface area contributed by atoms with Gasteiger partial charge < -0.3 is 8.97 Å². The number of nitrogens with zero attached hydrogens (tertiary/aromatic N) is 2. The third-order valence-electron chi connectivity index (χ3n) is 7.46. The minimum absolute atomic E-state index is 1.09. The number of hydrogen-bond acceptors (Lipinski definition) is 0. The minimum atomic E-state index is 1.09. The summed E-state index contributed by atoms with van der Waals surface area (Å²) in [4.78, 5) is 0. The fourth-order valence-corrected chi connectivity index (χ4v) is 4.92. The Morgan fingerprint density at radius 2 is 0.625 bits per heavy atom. The van der Waals surface area contributed by atoms with Crippen molar-refractivity contribution in [2.45, 2.75) is 53.9 Å². The Labute approximate surface area is 196 Å². The van der Waals surface area contributed by atoms with E-state index in [0.717, 1.165) is 61.3 Å². The fourth-order valence-electron chi connectivity index (χ4n) is 4.92. The maximum atomic E-state index is 2.38. The van der Waals surface area contributed by atoms with Gasteiger partial charge in [-0.1, -0.05) is 84.9 Å². The van der Waals surface area contributed by atoms with Crippen LogP contribution in [0.1, 0.15) is 49.9 Å². The highest BCUT2D eigenvalue weighted by Gasteiger charge is 2.26. The Morgan fingerprint density at radius 1 is 0.375 bits per heavy atom. The van der Waals surface area contributed by atoms with Crippen molar-refractivity contribution in [3.05, 3.63) is 107 Å². The van der Waals surface area contributed by atoms with Crippen LogP contribution in [0.3, 0.4) is 0 Å². The maximum Gasteiger partial charge on any atom is 0.105 e. The third kappa shape index (κ3) is 6.31. The Morgan fingerprint density at radius 3 is 0.875 bits per heavy atom. The van der Waals surface area contributed by atoms with Gasteiger partial charge in [-0.25, -0.2) is 0 Å². The van der Waals surface area contributed by atoms with Crippen LogP contribution in [0.5, 0.6) is 0 Å². The highest BCUT2D eigenvalue weighted by Crippen LogP contribution is 2.23. The van der Waals surface area contributed by atoms with E-state index in [1.807, 2.05) is 0 Å². The van der Waals surface area contributed by atoms with E-state index >= 15 is 0 Å². The van der Waals surface area contributed by atoms with Crippen molar-refractivity contribution >= 4 is 0 Å². The topological polar surface area (TPSA) is 0 Å². The van der Waals surface area contributed by atoms with Gasteiger partial charge in [0.25, 0.3) is 0 Å². The molecule has 0 aliphatic carbocycles. The lowest BCUT2D eigenvalue weighted by atomic mass is 10.1. The van der Waals surface area contributed by atoms with Gasteiger partial charge in [0.15, 0.2) is 0 Å². The molecule has 0 aromatic heterocycles. The predicted molar refractivity (Wildman–Crippen MR) is 137 cm³/mol. The Hall–Kier alpha value is -2.42. The molecule has 0 aliphatic rings. The van der Waals surface area contributed by atoms with E-state index in [2.05, 4.69) is 113 Å². The smallest absolute Gasteiger partial charge is 0.105 e. The normalized spacial score (nSPS) is 12.1. The molecule has 0 atom stereocenters. The van der Waals surface area contributed by atoms with Crippen molar-refractivity contribution in [2.24, 2.45) is 0 Å². The summed E-state index contributed by atoms with van der Waals surface area (Å²) in [5.41, 5.74) is 5.76. The van der Waals surface area contributed by atoms with E-state index in [4.69, 9.17) is 0 Å². The van der Waals surface area contributed by atoms with Crippen LogP contribution in [0.25, 0.3) is 0 Å². The lowest BCUT2D eigenvalue weighted by Crippen LogP contribution is -2.46. The quantitative estimate of drug-likeness (QED) is 0.277.